The molecule has 0 unspecified atom stereocenters. The summed E-state index contributed by atoms with van der Waals surface area (Å²) in [6.45, 7) is 4.97. The van der Waals surface area contributed by atoms with Crippen molar-refractivity contribution in [3.63, 3.8) is 0 Å². The summed E-state index contributed by atoms with van der Waals surface area (Å²) in [7, 11) is 0. The Balaban J connectivity index is 1.91. The van der Waals surface area contributed by atoms with Gasteiger partial charge in [-0.15, -0.1) is 0 Å². The molecule has 0 atom stereocenters. The molecule has 1 fully saturated rings. The second-order valence-electron chi connectivity index (χ2n) is 4.89. The Hall–Kier alpha value is -1.58. The molecule has 1 N–H and O–H groups in total. The van der Waals surface area contributed by atoms with E-state index in [2.05, 4.69) is 5.32 Å². The summed E-state index contributed by atoms with van der Waals surface area (Å²) in [4.78, 5) is 13.1. The molecule has 2 rings (SSSR count). The van der Waals surface area contributed by atoms with E-state index >= 15 is 0 Å². The first kappa shape index (κ1) is 12.9. The molecule has 18 heavy (non-hydrogen) atoms. The maximum Gasteiger partial charge on any atom is 0.219 e. The molecule has 0 aromatic heterocycles. The molecule has 1 heterocycles. The van der Waals surface area contributed by atoms with E-state index in [4.69, 9.17) is 0 Å². The molecule has 3 nitrogen and oxygen atoms in total. The Bertz CT molecular complexity index is 439. The number of carbonyl (C=O) groups is 1. The van der Waals surface area contributed by atoms with Crippen LogP contribution < -0.4 is 5.32 Å². The number of piperidine rings is 1. The van der Waals surface area contributed by atoms with E-state index < -0.39 is 0 Å². The van der Waals surface area contributed by atoms with Crippen molar-refractivity contribution in [2.75, 3.05) is 18.4 Å². The van der Waals surface area contributed by atoms with Gasteiger partial charge in [0.05, 0.1) is 0 Å². The summed E-state index contributed by atoms with van der Waals surface area (Å²) in [5.74, 6) is -0.0296. The Labute approximate surface area is 107 Å². The second-order valence-corrected chi connectivity index (χ2v) is 4.89. The zero-order chi connectivity index (χ0) is 13.1. The first-order valence-electron chi connectivity index (χ1n) is 6.34. The van der Waals surface area contributed by atoms with Crippen molar-refractivity contribution in [1.29, 1.82) is 0 Å². The van der Waals surface area contributed by atoms with Crippen LogP contribution in [0, 0.1) is 12.7 Å². The van der Waals surface area contributed by atoms with Crippen LogP contribution in [0.4, 0.5) is 10.1 Å². The van der Waals surface area contributed by atoms with Crippen molar-refractivity contribution in [3.05, 3.63) is 29.6 Å². The lowest BCUT2D eigenvalue weighted by Gasteiger charge is -2.32. The Morgan fingerprint density at radius 2 is 2.06 bits per heavy atom. The van der Waals surface area contributed by atoms with Crippen LogP contribution in [0.3, 0.4) is 0 Å². The zero-order valence-electron chi connectivity index (χ0n) is 10.9. The number of nitrogens with one attached hydrogen (secondary N) is 1. The maximum atomic E-state index is 13.1. The largest absolute Gasteiger partial charge is 0.382 e. The predicted octanol–water partition coefficient (Wildman–Crippen LogP) is 2.56. The Morgan fingerprint density at radius 3 is 2.61 bits per heavy atom. The molecule has 0 bridgehead atoms. The monoisotopic (exact) mass is 250 g/mol. The second kappa shape index (κ2) is 5.38. The van der Waals surface area contributed by atoms with Gasteiger partial charge in [0.15, 0.2) is 0 Å². The van der Waals surface area contributed by atoms with Gasteiger partial charge in [0.1, 0.15) is 5.82 Å². The maximum absolute atomic E-state index is 13.1. The first-order chi connectivity index (χ1) is 8.56. The molecule has 0 aliphatic carbocycles. The average Bonchev–Trinajstić information content (AvgIpc) is 2.34. The van der Waals surface area contributed by atoms with Crippen molar-refractivity contribution in [2.24, 2.45) is 0 Å². The molecule has 0 radical (unpaired) electrons. The van der Waals surface area contributed by atoms with Crippen LogP contribution in [-0.2, 0) is 4.79 Å². The number of rotatable bonds is 2. The van der Waals surface area contributed by atoms with Gasteiger partial charge in [0, 0.05) is 31.7 Å². The summed E-state index contributed by atoms with van der Waals surface area (Å²) >= 11 is 0. The number of anilines is 1. The molecule has 4 heteroatoms. The van der Waals surface area contributed by atoms with Gasteiger partial charge < -0.3 is 10.2 Å². The van der Waals surface area contributed by atoms with E-state index in [0.717, 1.165) is 31.6 Å². The number of halogens is 1. The fourth-order valence-electron chi connectivity index (χ4n) is 2.31. The van der Waals surface area contributed by atoms with Crippen LogP contribution in [0.5, 0.6) is 0 Å². The summed E-state index contributed by atoms with van der Waals surface area (Å²) in [5.41, 5.74) is 1.61. The number of nitrogens with zero attached hydrogens (tertiary/aromatic N) is 1. The Morgan fingerprint density at radius 1 is 1.39 bits per heavy atom. The number of likely N-dealkylation sites (tertiary alicyclic amines) is 1. The molecule has 1 aromatic carbocycles. The van der Waals surface area contributed by atoms with E-state index in [1.165, 1.54) is 6.07 Å². The van der Waals surface area contributed by atoms with E-state index in [0.29, 0.717) is 11.6 Å². The number of amides is 1. The predicted molar refractivity (Wildman–Crippen MR) is 70.0 cm³/mol. The SMILES string of the molecule is CC(=O)N1CCC(Nc2ccc(F)c(C)c2)CC1. The van der Waals surface area contributed by atoms with Crippen molar-refractivity contribution in [3.8, 4) is 0 Å². The van der Waals surface area contributed by atoms with Crippen LogP contribution in [0.1, 0.15) is 25.3 Å². The van der Waals surface area contributed by atoms with Gasteiger partial charge in [-0.2, -0.15) is 0 Å². The van der Waals surface area contributed by atoms with E-state index in [9.17, 15) is 9.18 Å². The van der Waals surface area contributed by atoms with Crippen LogP contribution in [0.25, 0.3) is 0 Å². The van der Waals surface area contributed by atoms with Crippen LogP contribution in [-0.4, -0.2) is 29.9 Å². The minimum atomic E-state index is -0.174. The van der Waals surface area contributed by atoms with Gasteiger partial charge in [-0.25, -0.2) is 4.39 Å². The first-order valence-corrected chi connectivity index (χ1v) is 6.34. The molecule has 1 aromatic rings. The zero-order valence-corrected chi connectivity index (χ0v) is 10.9. The third kappa shape index (κ3) is 3.00. The summed E-state index contributed by atoms with van der Waals surface area (Å²) in [6, 6.07) is 5.44. The summed E-state index contributed by atoms with van der Waals surface area (Å²) in [6.07, 6.45) is 1.88. The molecule has 1 aliphatic rings. The highest BCUT2D eigenvalue weighted by Crippen LogP contribution is 2.19. The highest BCUT2D eigenvalue weighted by atomic mass is 19.1. The summed E-state index contributed by atoms with van der Waals surface area (Å²) < 4.78 is 13.1. The van der Waals surface area contributed by atoms with Crippen molar-refractivity contribution < 1.29 is 9.18 Å². The van der Waals surface area contributed by atoms with Gasteiger partial charge in [0.25, 0.3) is 0 Å². The van der Waals surface area contributed by atoms with Gasteiger partial charge >= 0.3 is 0 Å². The quantitative estimate of drug-likeness (QED) is 0.875. The topological polar surface area (TPSA) is 32.3 Å². The van der Waals surface area contributed by atoms with Gasteiger partial charge in [-0.1, -0.05) is 0 Å². The van der Waals surface area contributed by atoms with Crippen LogP contribution >= 0.6 is 0 Å². The average molecular weight is 250 g/mol. The molecule has 1 saturated heterocycles. The molecule has 0 spiro atoms. The minimum Gasteiger partial charge on any atom is -0.382 e. The smallest absolute Gasteiger partial charge is 0.219 e. The van der Waals surface area contributed by atoms with Crippen molar-refractivity contribution in [1.82, 2.24) is 4.90 Å². The molecule has 0 saturated carbocycles. The minimum absolute atomic E-state index is 0.145. The lowest BCUT2D eigenvalue weighted by atomic mass is 10.0. The highest BCUT2D eigenvalue weighted by molar-refractivity contribution is 5.73. The highest BCUT2D eigenvalue weighted by Gasteiger charge is 2.20. The number of aryl methyl sites for hydroxylation is 1. The summed E-state index contributed by atoms with van der Waals surface area (Å²) in [5, 5.41) is 3.40. The van der Waals surface area contributed by atoms with Gasteiger partial charge in [-0.05, 0) is 43.5 Å². The fourth-order valence-corrected chi connectivity index (χ4v) is 2.31. The van der Waals surface area contributed by atoms with E-state index in [1.807, 2.05) is 11.0 Å². The molecule has 1 aliphatic heterocycles. The molecule has 98 valence electrons. The number of hydrogen-bond donors (Lipinski definition) is 1. The molecular formula is C14H19FN2O. The standard InChI is InChI=1S/C14H19FN2O/c1-10-9-13(3-4-14(10)15)16-12-5-7-17(8-6-12)11(2)18/h3-4,9,12,16H,5-8H2,1-2H3. The van der Waals surface area contributed by atoms with Gasteiger partial charge in [-0.3, -0.25) is 4.79 Å². The van der Waals surface area contributed by atoms with Gasteiger partial charge in [0.2, 0.25) is 5.91 Å². The van der Waals surface area contributed by atoms with Crippen LogP contribution in [0.15, 0.2) is 18.2 Å². The van der Waals surface area contributed by atoms with Crippen molar-refractivity contribution >= 4 is 11.6 Å². The van der Waals surface area contributed by atoms with E-state index in [-0.39, 0.29) is 11.7 Å². The third-order valence-electron chi connectivity index (χ3n) is 3.47. The fraction of sp³-hybridized carbons (Fsp3) is 0.500. The number of hydrogen-bond acceptors (Lipinski definition) is 2. The number of benzene rings is 1. The molecular weight excluding hydrogens is 231 g/mol. The number of carbonyl (C=O) groups excluding carboxylic acids is 1. The lowest BCUT2D eigenvalue weighted by Crippen LogP contribution is -2.41. The normalized spacial score (nSPS) is 16.7. The lowest BCUT2D eigenvalue weighted by molar-refractivity contribution is -0.129. The van der Waals surface area contributed by atoms with Crippen molar-refractivity contribution in [2.45, 2.75) is 32.7 Å². The van der Waals surface area contributed by atoms with Crippen LogP contribution in [0.2, 0.25) is 0 Å². The molecule has 1 amide bonds. The Kier molecular flexibility index (Phi) is 3.84. The third-order valence-corrected chi connectivity index (χ3v) is 3.47. The van der Waals surface area contributed by atoms with E-state index in [1.54, 1.807) is 19.9 Å².